The molecule has 0 amide bonds. The molecule has 1 aliphatic rings. The number of halogens is 3. The third-order valence-electron chi connectivity index (χ3n) is 3.10. The lowest BCUT2D eigenvalue weighted by molar-refractivity contribution is 0.281. The van der Waals surface area contributed by atoms with Gasteiger partial charge in [0.2, 0.25) is 0 Å². The SMILES string of the molecule is CNCCCNCc1ccc2c(c1)N=C(N)C(C)O2.Cl.Cl.Cl. The number of amidine groups is 1. The molecular formula is C14H25Cl3N4O. The molecule has 0 bridgehead atoms. The van der Waals surface area contributed by atoms with Crippen molar-refractivity contribution in [2.75, 3.05) is 20.1 Å². The van der Waals surface area contributed by atoms with Gasteiger partial charge in [0.15, 0.2) is 6.10 Å². The van der Waals surface area contributed by atoms with Gasteiger partial charge in [0.05, 0.1) is 0 Å². The van der Waals surface area contributed by atoms with E-state index in [-0.39, 0.29) is 43.3 Å². The van der Waals surface area contributed by atoms with Crippen LogP contribution in [0.15, 0.2) is 23.2 Å². The van der Waals surface area contributed by atoms with E-state index < -0.39 is 0 Å². The Labute approximate surface area is 150 Å². The predicted molar refractivity (Wildman–Crippen MR) is 99.8 cm³/mol. The van der Waals surface area contributed by atoms with E-state index in [0.717, 1.165) is 37.5 Å². The first-order valence-electron chi connectivity index (χ1n) is 6.69. The van der Waals surface area contributed by atoms with Crippen LogP contribution in [0, 0.1) is 0 Å². The molecule has 0 radical (unpaired) electrons. The number of nitrogens with zero attached hydrogens (tertiary/aromatic N) is 1. The van der Waals surface area contributed by atoms with E-state index in [2.05, 4.69) is 21.7 Å². The summed E-state index contributed by atoms with van der Waals surface area (Å²) in [5.74, 6) is 1.34. The van der Waals surface area contributed by atoms with Gasteiger partial charge in [0, 0.05) is 6.54 Å². The first-order chi connectivity index (χ1) is 9.20. The van der Waals surface area contributed by atoms with E-state index >= 15 is 0 Å². The van der Waals surface area contributed by atoms with Gasteiger partial charge in [0.1, 0.15) is 17.3 Å². The normalized spacial score (nSPS) is 15.2. The summed E-state index contributed by atoms with van der Waals surface area (Å²) in [4.78, 5) is 4.38. The molecule has 0 saturated carbocycles. The van der Waals surface area contributed by atoms with Gasteiger partial charge < -0.3 is 21.1 Å². The van der Waals surface area contributed by atoms with Gasteiger partial charge in [-0.3, -0.25) is 0 Å². The Hall–Kier alpha value is -0.720. The minimum Gasteiger partial charge on any atom is -0.481 e. The zero-order valence-corrected chi connectivity index (χ0v) is 15.2. The van der Waals surface area contributed by atoms with Gasteiger partial charge in [-0.2, -0.15) is 0 Å². The summed E-state index contributed by atoms with van der Waals surface area (Å²) in [6, 6.07) is 6.05. The molecule has 1 aliphatic heterocycles. The highest BCUT2D eigenvalue weighted by atomic mass is 35.5. The topological polar surface area (TPSA) is 71.7 Å². The molecule has 5 nitrogen and oxygen atoms in total. The molecule has 1 aromatic rings. The maximum Gasteiger partial charge on any atom is 0.153 e. The van der Waals surface area contributed by atoms with Crippen LogP contribution in [0.25, 0.3) is 0 Å². The van der Waals surface area contributed by atoms with Crippen molar-refractivity contribution in [1.82, 2.24) is 10.6 Å². The van der Waals surface area contributed by atoms with Crippen LogP contribution < -0.4 is 21.1 Å². The quantitative estimate of drug-likeness (QED) is 0.672. The number of benzene rings is 1. The van der Waals surface area contributed by atoms with Gasteiger partial charge in [0.25, 0.3) is 0 Å². The summed E-state index contributed by atoms with van der Waals surface area (Å²) in [5.41, 5.74) is 7.82. The van der Waals surface area contributed by atoms with E-state index in [0.29, 0.717) is 5.84 Å². The third kappa shape index (κ3) is 6.58. The number of ether oxygens (including phenoxy) is 1. The molecule has 0 fully saturated rings. The molecule has 0 aromatic heterocycles. The fourth-order valence-corrected chi connectivity index (χ4v) is 1.96. The van der Waals surface area contributed by atoms with Gasteiger partial charge in [-0.05, 0) is 51.2 Å². The summed E-state index contributed by atoms with van der Waals surface area (Å²) in [6.07, 6.45) is 0.977. The minimum absolute atomic E-state index is 0. The summed E-state index contributed by atoms with van der Waals surface area (Å²) in [5, 5.41) is 6.53. The van der Waals surface area contributed by atoms with Crippen LogP contribution in [0.5, 0.6) is 5.75 Å². The molecule has 1 aromatic carbocycles. The van der Waals surface area contributed by atoms with Crippen LogP contribution in [0.4, 0.5) is 5.69 Å². The molecule has 8 heteroatoms. The Kier molecular flexibility index (Phi) is 12.6. The number of hydrogen-bond acceptors (Lipinski definition) is 5. The Balaban J connectivity index is 0. The summed E-state index contributed by atoms with van der Waals surface area (Å²) in [6.45, 7) is 4.77. The van der Waals surface area contributed by atoms with Crippen LogP contribution >= 0.6 is 37.2 Å². The van der Waals surface area contributed by atoms with Crippen molar-refractivity contribution in [3.05, 3.63) is 23.8 Å². The number of nitrogens with one attached hydrogen (secondary N) is 2. The second kappa shape index (κ2) is 11.8. The summed E-state index contributed by atoms with van der Waals surface area (Å²) in [7, 11) is 1.97. The van der Waals surface area contributed by atoms with Crippen molar-refractivity contribution in [1.29, 1.82) is 0 Å². The van der Waals surface area contributed by atoms with Gasteiger partial charge in [-0.15, -0.1) is 37.2 Å². The number of hydrogen-bond donors (Lipinski definition) is 3. The predicted octanol–water partition coefficient (Wildman–Crippen LogP) is 2.42. The highest BCUT2D eigenvalue weighted by Crippen LogP contribution is 2.32. The molecule has 1 heterocycles. The van der Waals surface area contributed by atoms with Gasteiger partial charge in [-0.25, -0.2) is 4.99 Å². The average Bonchev–Trinajstić information content (AvgIpc) is 2.40. The van der Waals surface area contributed by atoms with E-state index in [1.165, 1.54) is 5.56 Å². The maximum atomic E-state index is 5.80. The monoisotopic (exact) mass is 370 g/mol. The van der Waals surface area contributed by atoms with Crippen molar-refractivity contribution >= 4 is 48.7 Å². The largest absolute Gasteiger partial charge is 0.481 e. The number of rotatable bonds is 6. The first kappa shape index (κ1) is 23.5. The zero-order chi connectivity index (χ0) is 13.7. The summed E-state index contributed by atoms with van der Waals surface area (Å²) < 4.78 is 5.67. The molecule has 1 atom stereocenters. The lowest BCUT2D eigenvalue weighted by atomic mass is 10.1. The standard InChI is InChI=1S/C14H22N4O.3ClH/c1-10-14(15)18-12-8-11(4-5-13(12)19-10)9-17-7-3-6-16-2;;;/h4-5,8,10,16-17H,3,6-7,9H2,1-2H3,(H2,15,18);3*1H. The van der Waals surface area contributed by atoms with Crippen molar-refractivity contribution in [3.8, 4) is 5.75 Å². The highest BCUT2D eigenvalue weighted by Gasteiger charge is 2.17. The van der Waals surface area contributed by atoms with Crippen LogP contribution in [0.1, 0.15) is 18.9 Å². The smallest absolute Gasteiger partial charge is 0.153 e. The van der Waals surface area contributed by atoms with Crippen molar-refractivity contribution in [2.45, 2.75) is 26.0 Å². The first-order valence-corrected chi connectivity index (χ1v) is 6.69. The molecule has 128 valence electrons. The van der Waals surface area contributed by atoms with E-state index in [4.69, 9.17) is 10.5 Å². The zero-order valence-electron chi connectivity index (χ0n) is 12.8. The number of fused-ring (bicyclic) bond motifs is 1. The van der Waals surface area contributed by atoms with Crippen molar-refractivity contribution in [3.63, 3.8) is 0 Å². The van der Waals surface area contributed by atoms with E-state index in [9.17, 15) is 0 Å². The molecule has 22 heavy (non-hydrogen) atoms. The molecule has 2 rings (SSSR count). The Bertz CT molecular complexity index is 471. The lowest BCUT2D eigenvalue weighted by Crippen LogP contribution is -2.33. The molecule has 0 spiro atoms. The van der Waals surface area contributed by atoms with Crippen LogP contribution in [-0.2, 0) is 6.54 Å². The Morgan fingerprint density at radius 3 is 2.64 bits per heavy atom. The summed E-state index contributed by atoms with van der Waals surface area (Å²) >= 11 is 0. The van der Waals surface area contributed by atoms with Crippen LogP contribution in [0.2, 0.25) is 0 Å². The van der Waals surface area contributed by atoms with E-state index in [1.807, 2.05) is 26.1 Å². The maximum absolute atomic E-state index is 5.80. The molecular weight excluding hydrogens is 347 g/mol. The van der Waals surface area contributed by atoms with Crippen LogP contribution in [0.3, 0.4) is 0 Å². The van der Waals surface area contributed by atoms with Crippen LogP contribution in [-0.4, -0.2) is 32.1 Å². The third-order valence-corrected chi connectivity index (χ3v) is 3.10. The number of aliphatic imine (C=N–C) groups is 1. The fraction of sp³-hybridized carbons (Fsp3) is 0.500. The molecule has 4 N–H and O–H groups in total. The van der Waals surface area contributed by atoms with Crippen molar-refractivity contribution in [2.24, 2.45) is 10.7 Å². The molecule has 0 saturated heterocycles. The Morgan fingerprint density at radius 1 is 1.23 bits per heavy atom. The molecule has 0 aliphatic carbocycles. The molecule has 1 unspecified atom stereocenters. The average molecular weight is 372 g/mol. The lowest BCUT2D eigenvalue weighted by Gasteiger charge is -2.21. The Morgan fingerprint density at radius 2 is 1.95 bits per heavy atom. The second-order valence-electron chi connectivity index (χ2n) is 4.73. The van der Waals surface area contributed by atoms with Gasteiger partial charge in [-0.1, -0.05) is 6.07 Å². The number of nitrogens with two attached hydrogens (primary N) is 1. The second-order valence-corrected chi connectivity index (χ2v) is 4.73. The van der Waals surface area contributed by atoms with Crippen molar-refractivity contribution < 1.29 is 4.74 Å². The minimum atomic E-state index is -0.141. The van der Waals surface area contributed by atoms with Gasteiger partial charge >= 0.3 is 0 Å². The fourth-order valence-electron chi connectivity index (χ4n) is 1.96. The van der Waals surface area contributed by atoms with E-state index in [1.54, 1.807) is 0 Å². The highest BCUT2D eigenvalue weighted by molar-refractivity contribution is 5.89.